The summed E-state index contributed by atoms with van der Waals surface area (Å²) in [5.41, 5.74) is -1.14. The molecule has 12 nitrogen and oxygen atoms in total. The Hall–Kier alpha value is -3.29. The molecule has 2 heterocycles. The maximum Gasteiger partial charge on any atom is 0.229 e. The first-order chi connectivity index (χ1) is 15.7. The van der Waals surface area contributed by atoms with Crippen molar-refractivity contribution in [2.75, 3.05) is 20.8 Å². The molecular formula is C21H22O12. The SMILES string of the molecule is COc1ccc(O)c2c(=O)c3c(O[C@@H]4O[C@H](CO)[C@@H](O)[C@H](O)[C@H]4O)cc(O)c(OC)c3oc12. The van der Waals surface area contributed by atoms with Crippen LogP contribution in [0.3, 0.4) is 0 Å². The van der Waals surface area contributed by atoms with Gasteiger partial charge in [-0.2, -0.15) is 0 Å². The van der Waals surface area contributed by atoms with E-state index in [2.05, 4.69) is 0 Å². The Labute approximate surface area is 185 Å². The summed E-state index contributed by atoms with van der Waals surface area (Å²) < 4.78 is 27.1. The number of benzene rings is 2. The van der Waals surface area contributed by atoms with E-state index in [4.69, 9.17) is 23.4 Å². The zero-order valence-corrected chi connectivity index (χ0v) is 17.5. The van der Waals surface area contributed by atoms with Gasteiger partial charge in [-0.25, -0.2) is 0 Å². The summed E-state index contributed by atoms with van der Waals surface area (Å²) in [7, 11) is 2.57. The summed E-state index contributed by atoms with van der Waals surface area (Å²) in [6.07, 6.45) is -8.04. The number of rotatable bonds is 5. The van der Waals surface area contributed by atoms with E-state index in [1.165, 1.54) is 26.4 Å². The van der Waals surface area contributed by atoms with Crippen LogP contribution in [0.15, 0.2) is 27.4 Å². The molecule has 3 aromatic rings. The van der Waals surface area contributed by atoms with Crippen LogP contribution in [0, 0.1) is 0 Å². The van der Waals surface area contributed by atoms with E-state index in [9.17, 15) is 35.4 Å². The number of fused-ring (bicyclic) bond motifs is 2. The Morgan fingerprint density at radius 3 is 2.27 bits per heavy atom. The van der Waals surface area contributed by atoms with E-state index >= 15 is 0 Å². The number of aliphatic hydroxyl groups excluding tert-OH is 4. The van der Waals surface area contributed by atoms with E-state index in [0.29, 0.717) is 0 Å². The molecule has 0 bridgehead atoms. The Balaban J connectivity index is 1.96. The number of methoxy groups -OCH3 is 2. The highest BCUT2D eigenvalue weighted by molar-refractivity contribution is 6.01. The van der Waals surface area contributed by atoms with Crippen LogP contribution in [-0.2, 0) is 4.74 Å². The average molecular weight is 466 g/mol. The fraction of sp³-hybridized carbons (Fsp3) is 0.381. The molecule has 4 rings (SSSR count). The number of ether oxygens (including phenoxy) is 4. The summed E-state index contributed by atoms with van der Waals surface area (Å²) in [4.78, 5) is 13.4. The van der Waals surface area contributed by atoms with Crippen LogP contribution in [0.25, 0.3) is 21.9 Å². The molecular weight excluding hydrogens is 444 g/mol. The third-order valence-electron chi connectivity index (χ3n) is 5.45. The zero-order valence-electron chi connectivity index (χ0n) is 17.5. The van der Waals surface area contributed by atoms with Crippen molar-refractivity contribution in [3.05, 3.63) is 28.4 Å². The molecule has 0 aliphatic carbocycles. The van der Waals surface area contributed by atoms with Crippen LogP contribution in [0.2, 0.25) is 0 Å². The number of aliphatic hydroxyl groups is 4. The number of aromatic hydroxyl groups is 2. The summed E-state index contributed by atoms with van der Waals surface area (Å²) in [6, 6.07) is 3.62. The number of phenolic OH excluding ortho intramolecular Hbond substituents is 2. The lowest BCUT2D eigenvalue weighted by Gasteiger charge is -2.39. The lowest BCUT2D eigenvalue weighted by molar-refractivity contribution is -0.277. The molecule has 1 aliphatic rings. The zero-order chi connectivity index (χ0) is 24.0. The fourth-order valence-electron chi connectivity index (χ4n) is 3.76. The maximum atomic E-state index is 13.4. The van der Waals surface area contributed by atoms with Gasteiger partial charge in [0.15, 0.2) is 22.7 Å². The van der Waals surface area contributed by atoms with Gasteiger partial charge in [-0.05, 0) is 12.1 Å². The smallest absolute Gasteiger partial charge is 0.229 e. The van der Waals surface area contributed by atoms with Gasteiger partial charge >= 0.3 is 0 Å². The van der Waals surface area contributed by atoms with Crippen LogP contribution >= 0.6 is 0 Å². The molecule has 1 fully saturated rings. The Kier molecular flexibility index (Phi) is 5.95. The van der Waals surface area contributed by atoms with Gasteiger partial charge in [0.1, 0.15) is 46.7 Å². The number of hydrogen-bond donors (Lipinski definition) is 6. The first-order valence-corrected chi connectivity index (χ1v) is 9.77. The minimum Gasteiger partial charge on any atom is -0.507 e. The van der Waals surface area contributed by atoms with Gasteiger partial charge in [-0.1, -0.05) is 0 Å². The molecule has 1 aromatic heterocycles. The highest BCUT2D eigenvalue weighted by atomic mass is 16.7. The van der Waals surface area contributed by atoms with Crippen LogP contribution in [0.4, 0.5) is 0 Å². The second kappa shape index (κ2) is 8.57. The van der Waals surface area contributed by atoms with Crippen LogP contribution in [0.1, 0.15) is 0 Å². The van der Waals surface area contributed by atoms with Crippen LogP contribution in [-0.4, -0.2) is 82.2 Å². The predicted molar refractivity (Wildman–Crippen MR) is 111 cm³/mol. The fourth-order valence-corrected chi connectivity index (χ4v) is 3.76. The first-order valence-electron chi connectivity index (χ1n) is 9.77. The minimum absolute atomic E-state index is 0.113. The van der Waals surface area contributed by atoms with Gasteiger partial charge < -0.3 is 54.0 Å². The number of hydrogen-bond acceptors (Lipinski definition) is 12. The monoisotopic (exact) mass is 466 g/mol. The third-order valence-corrected chi connectivity index (χ3v) is 5.45. The number of phenols is 2. The van der Waals surface area contributed by atoms with Crippen molar-refractivity contribution in [3.63, 3.8) is 0 Å². The van der Waals surface area contributed by atoms with Crippen LogP contribution in [0.5, 0.6) is 28.7 Å². The largest absolute Gasteiger partial charge is 0.507 e. The lowest BCUT2D eigenvalue weighted by atomic mass is 9.99. The predicted octanol–water partition coefficient (Wildman–Crippen LogP) is -0.447. The standard InChI is InChI=1S/C21H22O12/c1-29-9-4-3-7(23)12-15(26)13-10(5-8(24)18(30-2)20(13)33-19(9)12)31-21-17(28)16(27)14(25)11(6-22)32-21/h3-5,11,14,16-17,21-25,27-28H,6H2,1-2H3/t11-,14-,16+,17-,21-/m1/s1. The summed E-state index contributed by atoms with van der Waals surface area (Å²) in [5, 5.41) is 59.9. The average Bonchev–Trinajstić information content (AvgIpc) is 2.79. The molecule has 0 spiro atoms. The first kappa shape index (κ1) is 22.9. The van der Waals surface area contributed by atoms with Crippen molar-refractivity contribution < 1.29 is 54.0 Å². The van der Waals surface area contributed by atoms with Gasteiger partial charge in [0.05, 0.1) is 20.8 Å². The van der Waals surface area contributed by atoms with Crippen molar-refractivity contribution in [1.29, 1.82) is 0 Å². The van der Waals surface area contributed by atoms with Gasteiger partial charge in [0.2, 0.25) is 17.5 Å². The van der Waals surface area contributed by atoms with Crippen molar-refractivity contribution in [3.8, 4) is 28.7 Å². The van der Waals surface area contributed by atoms with E-state index in [0.717, 1.165) is 6.07 Å². The summed E-state index contributed by atoms with van der Waals surface area (Å²) >= 11 is 0. The second-order valence-corrected chi connectivity index (χ2v) is 7.37. The molecule has 0 unspecified atom stereocenters. The van der Waals surface area contributed by atoms with E-state index in [1.54, 1.807) is 0 Å². The molecule has 0 amide bonds. The quantitative estimate of drug-likeness (QED) is 0.266. The molecule has 1 aliphatic heterocycles. The Bertz CT molecular complexity index is 1250. The molecule has 5 atom stereocenters. The van der Waals surface area contributed by atoms with E-state index < -0.39 is 54.2 Å². The molecule has 6 N–H and O–H groups in total. The molecule has 0 radical (unpaired) electrons. The molecule has 12 heteroatoms. The molecule has 178 valence electrons. The lowest BCUT2D eigenvalue weighted by Crippen LogP contribution is -2.60. The highest BCUT2D eigenvalue weighted by Gasteiger charge is 2.45. The van der Waals surface area contributed by atoms with Gasteiger partial charge in [-0.15, -0.1) is 0 Å². The summed E-state index contributed by atoms with van der Waals surface area (Å²) in [6.45, 7) is -0.695. The van der Waals surface area contributed by atoms with Crippen molar-refractivity contribution >= 4 is 21.9 Å². The molecule has 0 saturated carbocycles. The van der Waals surface area contributed by atoms with Crippen molar-refractivity contribution in [2.24, 2.45) is 0 Å². The van der Waals surface area contributed by atoms with Gasteiger partial charge in [-0.3, -0.25) is 4.79 Å². The highest BCUT2D eigenvalue weighted by Crippen LogP contribution is 2.43. The summed E-state index contributed by atoms with van der Waals surface area (Å²) in [5.74, 6) is -1.33. The normalized spacial score (nSPS) is 25.3. The Morgan fingerprint density at radius 2 is 1.64 bits per heavy atom. The van der Waals surface area contributed by atoms with Crippen LogP contribution < -0.4 is 19.6 Å². The minimum atomic E-state index is -1.77. The van der Waals surface area contributed by atoms with Gasteiger partial charge in [0.25, 0.3) is 0 Å². The molecule has 2 aromatic carbocycles. The third kappa shape index (κ3) is 3.57. The van der Waals surface area contributed by atoms with Crippen molar-refractivity contribution in [1.82, 2.24) is 0 Å². The second-order valence-electron chi connectivity index (χ2n) is 7.37. The van der Waals surface area contributed by atoms with Crippen molar-refractivity contribution in [2.45, 2.75) is 30.7 Å². The van der Waals surface area contributed by atoms with E-state index in [-0.39, 0.29) is 39.2 Å². The van der Waals surface area contributed by atoms with Gasteiger partial charge in [0, 0.05) is 6.07 Å². The Morgan fingerprint density at radius 1 is 0.909 bits per heavy atom. The van der Waals surface area contributed by atoms with E-state index in [1.807, 2.05) is 0 Å². The maximum absolute atomic E-state index is 13.4. The topological polar surface area (TPSA) is 189 Å². The molecule has 1 saturated heterocycles. The molecule has 33 heavy (non-hydrogen) atoms.